The highest BCUT2D eigenvalue weighted by molar-refractivity contribution is 7.71. The van der Waals surface area contributed by atoms with E-state index in [1.54, 1.807) is 18.2 Å². The van der Waals surface area contributed by atoms with Gasteiger partial charge in [0.15, 0.2) is 10.5 Å². The minimum absolute atomic E-state index is 0.0786. The van der Waals surface area contributed by atoms with Crippen molar-refractivity contribution in [1.29, 1.82) is 0 Å². The van der Waals surface area contributed by atoms with Gasteiger partial charge < -0.3 is 19.8 Å². The highest BCUT2D eigenvalue weighted by Crippen LogP contribution is 2.36. The number of fused-ring (bicyclic) bond motifs is 1. The molecule has 138 valence electrons. The number of imidazole rings is 1. The number of hydrogen-bond donors (Lipinski definition) is 4. The molecular weight excluding hydrogens is 374 g/mol. The van der Waals surface area contributed by atoms with Crippen molar-refractivity contribution in [2.45, 2.75) is 0 Å². The second kappa shape index (κ2) is 7.25. The first-order chi connectivity index (χ1) is 12.9. The number of rotatable bonds is 5. The molecule has 0 aliphatic rings. The van der Waals surface area contributed by atoms with E-state index in [1.807, 2.05) is 0 Å². The first-order valence-corrected chi connectivity index (χ1v) is 7.90. The van der Waals surface area contributed by atoms with Gasteiger partial charge >= 0.3 is 5.69 Å². The molecule has 0 saturated carbocycles. The quantitative estimate of drug-likeness (QED) is 0.229. The lowest BCUT2D eigenvalue weighted by molar-refractivity contribution is -0.386. The van der Waals surface area contributed by atoms with Gasteiger partial charge in [0.1, 0.15) is 0 Å². The first kappa shape index (κ1) is 18.1. The Morgan fingerprint density at radius 1 is 1.33 bits per heavy atom. The molecule has 0 aliphatic heterocycles. The summed E-state index contributed by atoms with van der Waals surface area (Å²) >= 11 is 4.99. The molecule has 2 aromatic carbocycles. The van der Waals surface area contributed by atoms with E-state index in [0.29, 0.717) is 15.9 Å². The molecule has 0 radical (unpaired) electrons. The molecule has 1 aromatic heterocycles. The maximum atomic E-state index is 12.2. The summed E-state index contributed by atoms with van der Waals surface area (Å²) in [5.41, 5.74) is 3.85. The lowest BCUT2D eigenvalue weighted by atomic mass is 10.2. The molecule has 27 heavy (non-hydrogen) atoms. The fourth-order valence-electron chi connectivity index (χ4n) is 2.39. The van der Waals surface area contributed by atoms with E-state index in [9.17, 15) is 20.0 Å². The SMILES string of the molecule is COc1cc(/C=N\NC(=O)c2ccc3[nH]c(=S)[nH]c3c2)cc([N+](=O)[O-])c1O. The van der Waals surface area contributed by atoms with Gasteiger partial charge in [-0.2, -0.15) is 5.10 Å². The van der Waals surface area contributed by atoms with Gasteiger partial charge in [0, 0.05) is 17.2 Å². The third-order valence-corrected chi connectivity index (χ3v) is 3.86. The van der Waals surface area contributed by atoms with E-state index in [1.165, 1.54) is 19.4 Å². The van der Waals surface area contributed by atoms with Crippen LogP contribution in [0.4, 0.5) is 5.69 Å². The lowest BCUT2D eigenvalue weighted by Crippen LogP contribution is -2.17. The molecule has 1 amide bonds. The molecule has 0 fully saturated rings. The number of benzene rings is 2. The van der Waals surface area contributed by atoms with E-state index in [0.717, 1.165) is 11.6 Å². The van der Waals surface area contributed by atoms with Crippen LogP contribution in [0.15, 0.2) is 35.4 Å². The van der Waals surface area contributed by atoms with E-state index < -0.39 is 22.3 Å². The normalized spacial score (nSPS) is 11.0. The van der Waals surface area contributed by atoms with Crippen LogP contribution in [0.25, 0.3) is 11.0 Å². The summed E-state index contributed by atoms with van der Waals surface area (Å²) < 4.78 is 5.35. The fraction of sp³-hybridized carbons (Fsp3) is 0.0625. The van der Waals surface area contributed by atoms with Crippen molar-refractivity contribution in [3.63, 3.8) is 0 Å². The molecule has 3 rings (SSSR count). The number of ether oxygens (including phenoxy) is 1. The Bertz CT molecular complexity index is 1130. The van der Waals surface area contributed by atoms with Gasteiger partial charge in [-0.3, -0.25) is 14.9 Å². The number of methoxy groups -OCH3 is 1. The Labute approximate surface area is 156 Å². The van der Waals surface area contributed by atoms with Gasteiger partial charge in [-0.05, 0) is 36.5 Å². The molecule has 0 saturated heterocycles. The second-order valence-corrected chi connectivity index (χ2v) is 5.79. The van der Waals surface area contributed by atoms with Crippen LogP contribution in [0, 0.1) is 14.9 Å². The lowest BCUT2D eigenvalue weighted by Gasteiger charge is -2.05. The number of carbonyl (C=O) groups excluding carboxylic acids is 1. The van der Waals surface area contributed by atoms with Crippen molar-refractivity contribution >= 4 is 41.1 Å². The summed E-state index contributed by atoms with van der Waals surface area (Å²) in [6, 6.07) is 7.37. The fourth-order valence-corrected chi connectivity index (χ4v) is 2.61. The van der Waals surface area contributed by atoms with Crippen LogP contribution < -0.4 is 10.2 Å². The smallest absolute Gasteiger partial charge is 0.315 e. The summed E-state index contributed by atoms with van der Waals surface area (Å²) in [6.45, 7) is 0. The number of H-pyrrole nitrogens is 2. The number of nitro benzene ring substituents is 1. The van der Waals surface area contributed by atoms with Crippen LogP contribution in [0.5, 0.6) is 11.5 Å². The minimum Gasteiger partial charge on any atom is -0.500 e. The van der Waals surface area contributed by atoms with Crippen LogP contribution in [0.1, 0.15) is 15.9 Å². The van der Waals surface area contributed by atoms with E-state index in [4.69, 9.17) is 17.0 Å². The molecule has 0 bridgehead atoms. The summed E-state index contributed by atoms with van der Waals surface area (Å²) in [5, 5.41) is 24.5. The number of aromatic hydroxyl groups is 1. The van der Waals surface area contributed by atoms with Crippen molar-refractivity contribution in [3.05, 3.63) is 56.3 Å². The number of nitrogens with zero attached hydrogens (tertiary/aromatic N) is 2. The third-order valence-electron chi connectivity index (χ3n) is 3.65. The maximum Gasteiger partial charge on any atom is 0.315 e. The summed E-state index contributed by atoms with van der Waals surface area (Å²) in [6.07, 6.45) is 1.20. The van der Waals surface area contributed by atoms with Gasteiger partial charge in [0.25, 0.3) is 5.91 Å². The van der Waals surface area contributed by atoms with Crippen LogP contribution in [-0.2, 0) is 0 Å². The number of amides is 1. The van der Waals surface area contributed by atoms with Gasteiger partial charge in [-0.15, -0.1) is 0 Å². The van der Waals surface area contributed by atoms with Gasteiger partial charge in [0.2, 0.25) is 5.75 Å². The number of aromatic nitrogens is 2. The first-order valence-electron chi connectivity index (χ1n) is 7.50. The van der Waals surface area contributed by atoms with Crippen molar-refractivity contribution in [2.75, 3.05) is 7.11 Å². The molecule has 3 aromatic rings. The third kappa shape index (κ3) is 3.77. The van der Waals surface area contributed by atoms with Crippen molar-refractivity contribution < 1.29 is 19.6 Å². The number of hydrogen-bond acceptors (Lipinski definition) is 7. The highest BCUT2D eigenvalue weighted by atomic mass is 32.1. The molecule has 0 aliphatic carbocycles. The number of carbonyl (C=O) groups is 1. The Balaban J connectivity index is 1.79. The van der Waals surface area contributed by atoms with E-state index in [-0.39, 0.29) is 11.3 Å². The number of hydrazone groups is 1. The molecule has 1 heterocycles. The molecule has 0 unspecified atom stereocenters. The predicted octanol–water partition coefficient (Wildman–Crippen LogP) is 2.61. The number of phenols is 1. The van der Waals surface area contributed by atoms with Gasteiger partial charge in [-0.1, -0.05) is 0 Å². The number of nitro groups is 1. The summed E-state index contributed by atoms with van der Waals surface area (Å²) in [7, 11) is 1.27. The second-order valence-electron chi connectivity index (χ2n) is 5.39. The molecule has 0 atom stereocenters. The zero-order chi connectivity index (χ0) is 19.6. The largest absolute Gasteiger partial charge is 0.500 e. The van der Waals surface area contributed by atoms with Gasteiger partial charge in [-0.25, -0.2) is 5.43 Å². The Morgan fingerprint density at radius 3 is 2.78 bits per heavy atom. The Morgan fingerprint density at radius 2 is 2.07 bits per heavy atom. The topological polar surface area (TPSA) is 146 Å². The Hall–Kier alpha value is -3.73. The van der Waals surface area contributed by atoms with Crippen LogP contribution in [-0.4, -0.2) is 39.2 Å². The average Bonchev–Trinajstić information content (AvgIpc) is 3.01. The summed E-state index contributed by atoms with van der Waals surface area (Å²) in [4.78, 5) is 28.3. The van der Waals surface area contributed by atoms with Crippen LogP contribution >= 0.6 is 12.2 Å². The monoisotopic (exact) mass is 387 g/mol. The van der Waals surface area contributed by atoms with Gasteiger partial charge in [0.05, 0.1) is 29.3 Å². The van der Waals surface area contributed by atoms with Crippen LogP contribution in [0.2, 0.25) is 0 Å². The Kier molecular flexibility index (Phi) is 4.86. The molecule has 10 nitrogen and oxygen atoms in total. The highest BCUT2D eigenvalue weighted by Gasteiger charge is 2.19. The van der Waals surface area contributed by atoms with Crippen molar-refractivity contribution in [3.8, 4) is 11.5 Å². The zero-order valence-electron chi connectivity index (χ0n) is 13.8. The van der Waals surface area contributed by atoms with Crippen molar-refractivity contribution in [1.82, 2.24) is 15.4 Å². The number of phenolic OH excluding ortho intramolecular Hbond substituents is 1. The standard InChI is InChI=1S/C16H13N5O5S/c1-26-13-5-8(4-12(14(13)22)21(24)25)7-17-20-15(23)9-2-3-10-11(6-9)19-16(27)18-10/h2-7,22H,1H3,(H,20,23)(H2,18,19,27)/b17-7-. The minimum atomic E-state index is -0.746. The van der Waals surface area contributed by atoms with E-state index in [2.05, 4.69) is 20.5 Å². The maximum absolute atomic E-state index is 12.2. The average molecular weight is 387 g/mol. The number of nitrogens with one attached hydrogen (secondary N) is 3. The molecular formula is C16H13N5O5S. The molecule has 11 heteroatoms. The number of aromatic amines is 2. The van der Waals surface area contributed by atoms with Crippen LogP contribution in [0.3, 0.4) is 0 Å². The predicted molar refractivity (Wildman–Crippen MR) is 99.9 cm³/mol. The van der Waals surface area contributed by atoms with E-state index >= 15 is 0 Å². The summed E-state index contributed by atoms with van der Waals surface area (Å²) in [5.74, 6) is -1.14. The zero-order valence-corrected chi connectivity index (χ0v) is 14.7. The molecule has 4 N–H and O–H groups in total. The van der Waals surface area contributed by atoms with Crippen molar-refractivity contribution in [2.24, 2.45) is 5.10 Å². The molecule has 0 spiro atoms.